The van der Waals surface area contributed by atoms with Crippen LogP contribution in [0.5, 0.6) is 11.6 Å². The number of aromatic nitrogens is 2. The van der Waals surface area contributed by atoms with Crippen molar-refractivity contribution in [2.24, 2.45) is 4.99 Å². The molecule has 174 valence electrons. The van der Waals surface area contributed by atoms with Gasteiger partial charge < -0.3 is 15.2 Å². The fourth-order valence-electron chi connectivity index (χ4n) is 3.79. The van der Waals surface area contributed by atoms with Crippen LogP contribution in [0.2, 0.25) is 0 Å². The van der Waals surface area contributed by atoms with Crippen molar-refractivity contribution in [3.63, 3.8) is 0 Å². The van der Waals surface area contributed by atoms with Crippen LogP contribution in [0.15, 0.2) is 68.8 Å². The summed E-state index contributed by atoms with van der Waals surface area (Å²) in [5.41, 5.74) is 0.00318. The number of hydrogen-bond acceptors (Lipinski definition) is 6. The number of para-hydroxylation sites is 1. The summed E-state index contributed by atoms with van der Waals surface area (Å²) in [7, 11) is 1.49. The van der Waals surface area contributed by atoms with Crippen molar-refractivity contribution in [3.8, 4) is 17.3 Å². The molecule has 0 saturated carbocycles. The molecule has 9 heteroatoms. The third-order valence-electron chi connectivity index (χ3n) is 5.51. The van der Waals surface area contributed by atoms with E-state index < -0.39 is 17.1 Å². The molecule has 0 spiro atoms. The van der Waals surface area contributed by atoms with Gasteiger partial charge in [0.2, 0.25) is 11.8 Å². The summed E-state index contributed by atoms with van der Waals surface area (Å²) >= 11 is 0. The van der Waals surface area contributed by atoms with Crippen LogP contribution >= 0.6 is 0 Å². The molecule has 2 aromatic carbocycles. The second-order valence-corrected chi connectivity index (χ2v) is 7.62. The molecule has 3 N–H and O–H groups in total. The van der Waals surface area contributed by atoms with E-state index in [-0.39, 0.29) is 11.5 Å². The maximum Gasteiger partial charge on any atom is 0.335 e. The molecule has 34 heavy (non-hydrogen) atoms. The molecule has 0 fully saturated rings. The molecule has 3 aromatic rings. The van der Waals surface area contributed by atoms with Gasteiger partial charge in [0.05, 0.1) is 23.9 Å². The molecule has 1 amide bonds. The van der Waals surface area contributed by atoms with E-state index >= 15 is 0 Å². The SMILES string of the molecule is CCC(=O)NCCC1=c2ccccc2=N/C1=C\c1c(O)n(-c2cccc(OC)c2)c(=O)[nH]c1=O. The topological polar surface area (TPSA) is 126 Å². The lowest BCUT2D eigenvalue weighted by atomic mass is 10.1. The summed E-state index contributed by atoms with van der Waals surface area (Å²) in [6, 6.07) is 14.1. The largest absolute Gasteiger partial charge is 0.497 e. The van der Waals surface area contributed by atoms with Gasteiger partial charge in [0.25, 0.3) is 5.56 Å². The van der Waals surface area contributed by atoms with Crippen molar-refractivity contribution in [2.75, 3.05) is 13.7 Å². The fourth-order valence-corrected chi connectivity index (χ4v) is 3.79. The number of methoxy groups -OCH3 is 1. The Morgan fingerprint density at radius 3 is 2.76 bits per heavy atom. The third-order valence-corrected chi connectivity index (χ3v) is 5.51. The van der Waals surface area contributed by atoms with E-state index in [0.717, 1.165) is 20.7 Å². The quantitative estimate of drug-likeness (QED) is 0.485. The lowest BCUT2D eigenvalue weighted by Crippen LogP contribution is -2.30. The van der Waals surface area contributed by atoms with Gasteiger partial charge in [-0.3, -0.25) is 14.6 Å². The smallest absolute Gasteiger partial charge is 0.335 e. The first-order chi connectivity index (χ1) is 16.4. The molecule has 0 saturated heterocycles. The van der Waals surface area contributed by atoms with Gasteiger partial charge in [-0.1, -0.05) is 31.2 Å². The minimum absolute atomic E-state index is 0.0613. The molecule has 0 atom stereocenters. The number of ether oxygens (including phenoxy) is 1. The zero-order valence-electron chi connectivity index (χ0n) is 18.8. The van der Waals surface area contributed by atoms with Crippen molar-refractivity contribution >= 4 is 17.6 Å². The van der Waals surface area contributed by atoms with E-state index in [1.165, 1.54) is 13.2 Å². The Morgan fingerprint density at radius 2 is 2.00 bits per heavy atom. The molecule has 1 aliphatic heterocycles. The number of allylic oxidation sites excluding steroid dienone is 1. The van der Waals surface area contributed by atoms with Crippen LogP contribution in [0.3, 0.4) is 0 Å². The number of H-pyrrole nitrogens is 1. The number of fused-ring (bicyclic) bond motifs is 1. The summed E-state index contributed by atoms with van der Waals surface area (Å²) in [6.07, 6.45) is 2.32. The first kappa shape index (κ1) is 22.8. The number of nitrogens with zero attached hydrogens (tertiary/aromatic N) is 2. The average Bonchev–Trinajstić information content (AvgIpc) is 3.18. The van der Waals surface area contributed by atoms with E-state index in [9.17, 15) is 19.5 Å². The highest BCUT2D eigenvalue weighted by Gasteiger charge is 2.19. The molecule has 0 bridgehead atoms. The van der Waals surface area contributed by atoms with Crippen LogP contribution < -0.4 is 31.9 Å². The van der Waals surface area contributed by atoms with Gasteiger partial charge >= 0.3 is 5.69 Å². The molecule has 1 aliphatic rings. The maximum absolute atomic E-state index is 12.7. The third kappa shape index (κ3) is 4.40. The molecule has 4 rings (SSSR count). The number of benzene rings is 2. The molecule has 2 heterocycles. The summed E-state index contributed by atoms with van der Waals surface area (Å²) < 4.78 is 6.20. The molecule has 0 unspecified atom stereocenters. The van der Waals surface area contributed by atoms with Crippen LogP contribution in [0.4, 0.5) is 0 Å². The molecule has 0 aliphatic carbocycles. The van der Waals surface area contributed by atoms with Crippen molar-refractivity contribution in [1.29, 1.82) is 0 Å². The van der Waals surface area contributed by atoms with Gasteiger partial charge in [-0.25, -0.2) is 14.4 Å². The Balaban J connectivity index is 1.83. The standard InChI is InChI=1S/C25H24N4O5/c1-3-22(30)26-12-11-18-17-9-4-5-10-20(17)27-21(18)14-19-23(31)28-25(33)29(24(19)32)15-7-6-8-16(13-15)34-2/h4-10,13-14,32H,3,11-12H2,1-2H3,(H,26,30)(H,28,31,33)/b21-14-. The second kappa shape index (κ2) is 9.62. The molecule has 0 radical (unpaired) electrons. The monoisotopic (exact) mass is 460 g/mol. The zero-order valence-corrected chi connectivity index (χ0v) is 18.8. The highest BCUT2D eigenvalue weighted by Crippen LogP contribution is 2.25. The zero-order chi connectivity index (χ0) is 24.2. The number of rotatable bonds is 7. The number of nitrogens with one attached hydrogen (secondary N) is 2. The summed E-state index contributed by atoms with van der Waals surface area (Å²) in [5.74, 6) is -0.0889. The van der Waals surface area contributed by atoms with Gasteiger partial charge in [-0.2, -0.15) is 0 Å². The van der Waals surface area contributed by atoms with Gasteiger partial charge in [0, 0.05) is 24.3 Å². The lowest BCUT2D eigenvalue weighted by Gasteiger charge is -2.12. The van der Waals surface area contributed by atoms with E-state index in [1.807, 2.05) is 24.3 Å². The molecule has 1 aromatic heterocycles. The second-order valence-electron chi connectivity index (χ2n) is 7.62. The van der Waals surface area contributed by atoms with Crippen LogP contribution in [-0.2, 0) is 4.79 Å². The minimum Gasteiger partial charge on any atom is -0.497 e. The molecule has 9 nitrogen and oxygen atoms in total. The number of amides is 1. The Hall–Kier alpha value is -4.40. The highest BCUT2D eigenvalue weighted by atomic mass is 16.5. The van der Waals surface area contributed by atoms with Crippen LogP contribution in [0.1, 0.15) is 25.3 Å². The van der Waals surface area contributed by atoms with E-state index in [0.29, 0.717) is 36.5 Å². The average molecular weight is 460 g/mol. The summed E-state index contributed by atoms with van der Waals surface area (Å²) in [6.45, 7) is 2.18. The van der Waals surface area contributed by atoms with Crippen LogP contribution in [0, 0.1) is 0 Å². The Kier molecular flexibility index (Phi) is 6.44. The normalized spacial score (nSPS) is 13.5. The summed E-state index contributed by atoms with van der Waals surface area (Å²) in [4.78, 5) is 43.8. The number of carbonyl (C=O) groups is 1. The fraction of sp³-hybridized carbons (Fsp3) is 0.200. The van der Waals surface area contributed by atoms with Crippen molar-refractivity contribution < 1.29 is 14.6 Å². The Labute approximate surface area is 194 Å². The summed E-state index contributed by atoms with van der Waals surface area (Å²) in [5, 5.41) is 15.4. The highest BCUT2D eigenvalue weighted by molar-refractivity contribution is 5.78. The van der Waals surface area contributed by atoms with Crippen molar-refractivity contribution in [3.05, 3.63) is 91.2 Å². The number of aromatic hydroxyl groups is 1. The van der Waals surface area contributed by atoms with E-state index in [1.54, 1.807) is 31.2 Å². The van der Waals surface area contributed by atoms with E-state index in [4.69, 9.17) is 4.74 Å². The minimum atomic E-state index is -0.781. The van der Waals surface area contributed by atoms with Gasteiger partial charge in [-0.05, 0) is 36.3 Å². The van der Waals surface area contributed by atoms with Crippen molar-refractivity contribution in [2.45, 2.75) is 19.8 Å². The van der Waals surface area contributed by atoms with Crippen molar-refractivity contribution in [1.82, 2.24) is 14.9 Å². The Bertz CT molecular complexity index is 1530. The van der Waals surface area contributed by atoms with E-state index in [2.05, 4.69) is 15.3 Å². The van der Waals surface area contributed by atoms with Crippen LogP contribution in [0.25, 0.3) is 17.3 Å². The number of aromatic amines is 1. The molecular formula is C25H24N4O5. The lowest BCUT2D eigenvalue weighted by molar-refractivity contribution is -0.120. The first-order valence-corrected chi connectivity index (χ1v) is 10.8. The predicted molar refractivity (Wildman–Crippen MR) is 127 cm³/mol. The van der Waals surface area contributed by atoms with Gasteiger partial charge in [0.1, 0.15) is 11.3 Å². The van der Waals surface area contributed by atoms with Crippen LogP contribution in [-0.4, -0.2) is 34.2 Å². The Morgan fingerprint density at radius 1 is 1.21 bits per heavy atom. The maximum atomic E-state index is 12.7. The predicted octanol–water partition coefficient (Wildman–Crippen LogP) is 0.981. The number of carbonyl (C=O) groups excluding carboxylic acids is 1. The molecular weight excluding hydrogens is 436 g/mol. The first-order valence-electron chi connectivity index (χ1n) is 10.8. The number of hydrogen-bond donors (Lipinski definition) is 3. The van der Waals surface area contributed by atoms with Gasteiger partial charge in [0.15, 0.2) is 0 Å². The van der Waals surface area contributed by atoms with Gasteiger partial charge in [-0.15, -0.1) is 0 Å².